The maximum Gasteiger partial charge on any atom is 0.225 e. The number of amides is 1. The molecule has 0 aromatic heterocycles. The Morgan fingerprint density at radius 3 is 2.60 bits per heavy atom. The van der Waals surface area contributed by atoms with Gasteiger partial charge in [0.05, 0.1) is 0 Å². The Bertz CT molecular complexity index is 842. The van der Waals surface area contributed by atoms with Gasteiger partial charge in [0, 0.05) is 38.6 Å². The summed E-state index contributed by atoms with van der Waals surface area (Å²) in [7, 11) is 1.76. The maximum absolute atomic E-state index is 12.2. The van der Waals surface area contributed by atoms with Gasteiger partial charge in [-0.05, 0) is 36.2 Å². The van der Waals surface area contributed by atoms with Crippen molar-refractivity contribution in [3.05, 3.63) is 60.2 Å². The minimum absolute atomic E-state index is 0. The van der Waals surface area contributed by atoms with Gasteiger partial charge in [0.25, 0.3) is 0 Å². The van der Waals surface area contributed by atoms with Crippen LogP contribution in [-0.2, 0) is 11.3 Å². The predicted octanol–water partition coefficient (Wildman–Crippen LogP) is 4.02. The molecule has 6 nitrogen and oxygen atoms in total. The number of nitrogens with zero attached hydrogens (tertiary/aromatic N) is 2. The monoisotopic (exact) mass is 522 g/mol. The molecule has 2 aromatic carbocycles. The van der Waals surface area contributed by atoms with Crippen molar-refractivity contribution in [3.63, 3.8) is 0 Å². The summed E-state index contributed by atoms with van der Waals surface area (Å²) >= 11 is 0. The molecule has 1 heterocycles. The van der Waals surface area contributed by atoms with E-state index in [1.54, 1.807) is 7.05 Å². The lowest BCUT2D eigenvalue weighted by Crippen LogP contribution is -2.45. The van der Waals surface area contributed by atoms with Crippen LogP contribution in [0.3, 0.4) is 0 Å². The molecule has 0 spiro atoms. The second-order valence-electron chi connectivity index (χ2n) is 7.56. The molecule has 162 valence electrons. The zero-order chi connectivity index (χ0) is 20.6. The van der Waals surface area contributed by atoms with Gasteiger partial charge < -0.3 is 20.3 Å². The number of para-hydroxylation sites is 1. The summed E-state index contributed by atoms with van der Waals surface area (Å²) < 4.78 is 5.90. The van der Waals surface area contributed by atoms with Gasteiger partial charge in [0.1, 0.15) is 11.5 Å². The summed E-state index contributed by atoms with van der Waals surface area (Å²) in [5.74, 6) is 2.61. The number of guanidine groups is 1. The van der Waals surface area contributed by atoms with Crippen LogP contribution in [0.2, 0.25) is 0 Å². The molecule has 1 fully saturated rings. The van der Waals surface area contributed by atoms with Crippen LogP contribution in [0, 0.1) is 5.92 Å². The Hall–Kier alpha value is -2.29. The van der Waals surface area contributed by atoms with E-state index < -0.39 is 0 Å². The zero-order valence-corrected chi connectivity index (χ0v) is 20.1. The number of aliphatic imine (C=N–C) groups is 1. The molecule has 1 saturated heterocycles. The second-order valence-corrected chi connectivity index (χ2v) is 7.56. The van der Waals surface area contributed by atoms with E-state index in [9.17, 15) is 4.79 Å². The third-order valence-corrected chi connectivity index (χ3v) is 4.90. The van der Waals surface area contributed by atoms with E-state index in [4.69, 9.17) is 4.74 Å². The maximum atomic E-state index is 12.2. The first-order chi connectivity index (χ1) is 14.0. The highest BCUT2D eigenvalue weighted by Gasteiger charge is 2.27. The van der Waals surface area contributed by atoms with E-state index in [2.05, 4.69) is 21.7 Å². The summed E-state index contributed by atoms with van der Waals surface area (Å²) in [5, 5.41) is 6.78. The number of carbonyl (C=O) groups is 1. The molecule has 3 rings (SSSR count). The molecule has 2 N–H and O–H groups in total. The lowest BCUT2D eigenvalue weighted by molar-refractivity contribution is -0.133. The molecule has 2 aromatic rings. The molecule has 0 saturated carbocycles. The van der Waals surface area contributed by atoms with Crippen molar-refractivity contribution in [1.29, 1.82) is 0 Å². The smallest absolute Gasteiger partial charge is 0.225 e. The topological polar surface area (TPSA) is 66.0 Å². The van der Waals surface area contributed by atoms with Crippen molar-refractivity contribution in [2.75, 3.05) is 20.1 Å². The highest BCUT2D eigenvalue weighted by atomic mass is 127. The Labute approximate surface area is 196 Å². The van der Waals surface area contributed by atoms with Gasteiger partial charge in [-0.2, -0.15) is 0 Å². The third-order valence-electron chi connectivity index (χ3n) is 4.90. The van der Waals surface area contributed by atoms with Crippen molar-refractivity contribution < 1.29 is 9.53 Å². The molecule has 7 heteroatoms. The van der Waals surface area contributed by atoms with Gasteiger partial charge in [-0.1, -0.05) is 44.2 Å². The molecule has 0 radical (unpaired) electrons. The van der Waals surface area contributed by atoms with Crippen molar-refractivity contribution in [1.82, 2.24) is 15.5 Å². The van der Waals surface area contributed by atoms with Gasteiger partial charge in [0.15, 0.2) is 5.96 Å². The fraction of sp³-hybridized carbons (Fsp3) is 0.391. The number of carbonyl (C=O) groups excluding carboxylic acids is 1. The SMILES string of the molecule is CN=C(NCc1cccc(Oc2ccccc2)c1)NC1CCN(C(=O)C(C)C)C1.I. The number of ether oxygens (including phenoxy) is 1. The van der Waals surface area contributed by atoms with Crippen molar-refractivity contribution in [2.45, 2.75) is 32.9 Å². The highest BCUT2D eigenvalue weighted by Crippen LogP contribution is 2.21. The van der Waals surface area contributed by atoms with E-state index in [0.717, 1.165) is 42.5 Å². The van der Waals surface area contributed by atoms with E-state index in [1.165, 1.54) is 0 Å². The van der Waals surface area contributed by atoms with Crippen LogP contribution in [0.25, 0.3) is 0 Å². The number of hydrogen-bond acceptors (Lipinski definition) is 3. The lowest BCUT2D eigenvalue weighted by atomic mass is 10.2. The van der Waals surface area contributed by atoms with Crippen LogP contribution in [0.15, 0.2) is 59.6 Å². The summed E-state index contributed by atoms with van der Waals surface area (Å²) in [6.45, 7) is 6.04. The first-order valence-electron chi connectivity index (χ1n) is 10.1. The van der Waals surface area contributed by atoms with Gasteiger partial charge in [0.2, 0.25) is 5.91 Å². The molecule has 0 bridgehead atoms. The molecule has 1 aliphatic rings. The van der Waals surface area contributed by atoms with Crippen LogP contribution in [0.5, 0.6) is 11.5 Å². The molecule has 1 amide bonds. The molecule has 0 aliphatic carbocycles. The molecular formula is C23H31IN4O2. The fourth-order valence-electron chi connectivity index (χ4n) is 3.36. The summed E-state index contributed by atoms with van der Waals surface area (Å²) in [4.78, 5) is 18.4. The van der Waals surface area contributed by atoms with Gasteiger partial charge >= 0.3 is 0 Å². The summed E-state index contributed by atoms with van der Waals surface area (Å²) in [5.41, 5.74) is 1.10. The van der Waals surface area contributed by atoms with E-state index in [0.29, 0.717) is 6.54 Å². The Morgan fingerprint density at radius 1 is 1.17 bits per heavy atom. The summed E-state index contributed by atoms with van der Waals surface area (Å²) in [6, 6.07) is 18.0. The van der Waals surface area contributed by atoms with Gasteiger partial charge in [-0.15, -0.1) is 24.0 Å². The number of benzene rings is 2. The number of hydrogen-bond donors (Lipinski definition) is 2. The Balaban J connectivity index is 0.00000320. The first-order valence-corrected chi connectivity index (χ1v) is 10.1. The zero-order valence-electron chi connectivity index (χ0n) is 17.8. The summed E-state index contributed by atoms with van der Waals surface area (Å²) in [6.07, 6.45) is 0.930. The fourth-order valence-corrected chi connectivity index (χ4v) is 3.36. The number of rotatable bonds is 6. The van der Waals surface area contributed by atoms with Crippen LogP contribution >= 0.6 is 24.0 Å². The number of halogens is 1. The number of nitrogens with one attached hydrogen (secondary N) is 2. The predicted molar refractivity (Wildman–Crippen MR) is 132 cm³/mol. The van der Waals surface area contributed by atoms with Gasteiger partial charge in [-0.3, -0.25) is 9.79 Å². The largest absolute Gasteiger partial charge is 0.457 e. The van der Waals surface area contributed by atoms with Gasteiger partial charge in [-0.25, -0.2) is 0 Å². The molecule has 1 unspecified atom stereocenters. The molecule has 1 aliphatic heterocycles. The van der Waals surface area contributed by atoms with Crippen LogP contribution < -0.4 is 15.4 Å². The Kier molecular flexibility index (Phi) is 9.42. The Morgan fingerprint density at radius 2 is 1.90 bits per heavy atom. The minimum Gasteiger partial charge on any atom is -0.457 e. The number of likely N-dealkylation sites (tertiary alicyclic amines) is 1. The van der Waals surface area contributed by atoms with E-state index >= 15 is 0 Å². The molecule has 30 heavy (non-hydrogen) atoms. The van der Waals surface area contributed by atoms with Crippen LogP contribution in [-0.4, -0.2) is 42.9 Å². The molecule has 1 atom stereocenters. The lowest BCUT2D eigenvalue weighted by Gasteiger charge is -2.20. The highest BCUT2D eigenvalue weighted by molar-refractivity contribution is 14.0. The first kappa shape index (κ1) is 24.0. The molecular weight excluding hydrogens is 491 g/mol. The average Bonchev–Trinajstić information content (AvgIpc) is 3.20. The van der Waals surface area contributed by atoms with Crippen molar-refractivity contribution in [2.24, 2.45) is 10.9 Å². The van der Waals surface area contributed by atoms with Crippen molar-refractivity contribution >= 4 is 35.8 Å². The average molecular weight is 522 g/mol. The van der Waals surface area contributed by atoms with E-state index in [-0.39, 0.29) is 41.8 Å². The van der Waals surface area contributed by atoms with Crippen molar-refractivity contribution in [3.8, 4) is 11.5 Å². The van der Waals surface area contributed by atoms with Crippen LogP contribution in [0.1, 0.15) is 25.8 Å². The van der Waals surface area contributed by atoms with Crippen LogP contribution in [0.4, 0.5) is 0 Å². The standard InChI is InChI=1S/C23H30N4O2.HI/c1-17(2)22(28)27-13-12-19(16-27)26-23(24-3)25-15-18-8-7-11-21(14-18)29-20-9-5-4-6-10-20;/h4-11,14,17,19H,12-13,15-16H2,1-3H3,(H2,24,25,26);1H. The third kappa shape index (κ3) is 6.90. The minimum atomic E-state index is 0. The second kappa shape index (κ2) is 11.8. The normalized spacial score (nSPS) is 16.2. The quantitative estimate of drug-likeness (QED) is 0.342. The van der Waals surface area contributed by atoms with E-state index in [1.807, 2.05) is 67.3 Å².